The first-order valence-corrected chi connectivity index (χ1v) is 9.96. The van der Waals surface area contributed by atoms with Crippen LogP contribution in [0.15, 0.2) is 47.4 Å². The minimum Gasteiger partial charge on any atom is -0.474 e. The molecular formula is C17H18N4O4S. The fourth-order valence-electron chi connectivity index (χ4n) is 3.05. The number of fused-ring (bicyclic) bond motifs is 1. The molecular weight excluding hydrogens is 356 g/mol. The maximum Gasteiger partial charge on any atom is 0.220 e. The molecule has 1 aliphatic rings. The van der Waals surface area contributed by atoms with Crippen molar-refractivity contribution in [2.45, 2.75) is 24.7 Å². The van der Waals surface area contributed by atoms with Crippen LogP contribution in [-0.2, 0) is 15.8 Å². The molecule has 0 spiro atoms. The van der Waals surface area contributed by atoms with Gasteiger partial charge in [0.1, 0.15) is 23.9 Å². The highest BCUT2D eigenvalue weighted by Crippen LogP contribution is 2.24. The second-order valence-electron chi connectivity index (χ2n) is 6.15. The molecule has 3 aromatic rings. The van der Waals surface area contributed by atoms with Crippen molar-refractivity contribution in [1.29, 1.82) is 0 Å². The van der Waals surface area contributed by atoms with Crippen molar-refractivity contribution in [3.8, 4) is 5.88 Å². The van der Waals surface area contributed by atoms with Crippen LogP contribution in [0.1, 0.15) is 18.5 Å². The summed E-state index contributed by atoms with van der Waals surface area (Å²) in [5, 5.41) is 4.66. The largest absolute Gasteiger partial charge is 0.474 e. The van der Waals surface area contributed by atoms with E-state index < -0.39 is 10.0 Å². The monoisotopic (exact) mass is 374 g/mol. The number of aromatic nitrogens is 3. The Labute approximate surface area is 150 Å². The third kappa shape index (κ3) is 3.54. The lowest BCUT2D eigenvalue weighted by Crippen LogP contribution is -2.42. The van der Waals surface area contributed by atoms with E-state index in [1.54, 1.807) is 18.3 Å². The minimum absolute atomic E-state index is 0.0516. The summed E-state index contributed by atoms with van der Waals surface area (Å²) in [6.45, 7) is 0.821. The van der Waals surface area contributed by atoms with Crippen molar-refractivity contribution < 1.29 is 17.7 Å². The van der Waals surface area contributed by atoms with E-state index in [0.29, 0.717) is 43.1 Å². The molecule has 0 aliphatic carbocycles. The van der Waals surface area contributed by atoms with Crippen molar-refractivity contribution in [2.75, 3.05) is 13.1 Å². The number of hydrogen-bond acceptors (Lipinski definition) is 7. The summed E-state index contributed by atoms with van der Waals surface area (Å²) in [6, 6.07) is 8.95. The van der Waals surface area contributed by atoms with Crippen molar-refractivity contribution in [3.05, 3.63) is 48.5 Å². The Morgan fingerprint density at radius 1 is 1.19 bits per heavy atom. The number of piperidine rings is 1. The predicted molar refractivity (Wildman–Crippen MR) is 93.9 cm³/mol. The Balaban J connectivity index is 1.40. The van der Waals surface area contributed by atoms with E-state index in [1.807, 2.05) is 18.2 Å². The molecule has 0 unspecified atom stereocenters. The second kappa shape index (κ2) is 7.00. The summed E-state index contributed by atoms with van der Waals surface area (Å²) in [5.74, 6) is 0.344. The van der Waals surface area contributed by atoms with Gasteiger partial charge in [0.15, 0.2) is 5.58 Å². The standard InChI is InChI=1S/C17H18N4O4S/c22-26(23,11-15-14-3-1-2-4-16(14)25-20-15)21-9-6-13(7-10-21)24-17-5-8-18-12-19-17/h1-5,8,12-13H,6-7,9-11H2. The zero-order valence-corrected chi connectivity index (χ0v) is 14.8. The van der Waals surface area contributed by atoms with Crippen molar-refractivity contribution >= 4 is 21.0 Å². The first-order chi connectivity index (χ1) is 12.6. The third-order valence-corrected chi connectivity index (χ3v) is 6.20. The quantitative estimate of drug-likeness (QED) is 0.673. The summed E-state index contributed by atoms with van der Waals surface area (Å²) >= 11 is 0. The lowest BCUT2D eigenvalue weighted by molar-refractivity contribution is 0.129. The SMILES string of the molecule is O=S(=O)(Cc1noc2ccccc12)N1CCC(Oc2ccncn2)CC1. The Bertz CT molecular complexity index is 982. The molecule has 1 aliphatic heterocycles. The molecule has 3 heterocycles. The molecule has 1 aromatic carbocycles. The van der Waals surface area contributed by atoms with E-state index in [2.05, 4.69) is 15.1 Å². The second-order valence-corrected chi connectivity index (χ2v) is 8.11. The fourth-order valence-corrected chi connectivity index (χ4v) is 4.56. The summed E-state index contributed by atoms with van der Waals surface area (Å²) in [6.07, 6.45) is 4.22. The molecule has 4 rings (SSSR count). The molecule has 0 amide bonds. The maximum absolute atomic E-state index is 12.7. The van der Waals surface area contributed by atoms with Gasteiger partial charge >= 0.3 is 0 Å². The van der Waals surface area contributed by atoms with Gasteiger partial charge in [-0.05, 0) is 25.0 Å². The molecule has 26 heavy (non-hydrogen) atoms. The highest BCUT2D eigenvalue weighted by Gasteiger charge is 2.30. The average Bonchev–Trinajstić information content (AvgIpc) is 3.06. The van der Waals surface area contributed by atoms with E-state index in [-0.39, 0.29) is 11.9 Å². The van der Waals surface area contributed by atoms with Crippen LogP contribution < -0.4 is 4.74 Å². The van der Waals surface area contributed by atoms with Gasteiger partial charge in [-0.1, -0.05) is 17.3 Å². The third-order valence-electron chi connectivity index (χ3n) is 4.41. The topological polar surface area (TPSA) is 98.4 Å². The summed E-state index contributed by atoms with van der Waals surface area (Å²) < 4.78 is 38.0. The smallest absolute Gasteiger partial charge is 0.220 e. The van der Waals surface area contributed by atoms with Crippen LogP contribution in [0.3, 0.4) is 0 Å². The van der Waals surface area contributed by atoms with E-state index in [9.17, 15) is 8.42 Å². The number of nitrogens with zero attached hydrogens (tertiary/aromatic N) is 4. The highest BCUT2D eigenvalue weighted by molar-refractivity contribution is 7.88. The number of para-hydroxylation sites is 1. The van der Waals surface area contributed by atoms with Crippen LogP contribution in [0, 0.1) is 0 Å². The molecule has 136 valence electrons. The first kappa shape index (κ1) is 16.9. The Morgan fingerprint density at radius 2 is 2.00 bits per heavy atom. The number of rotatable bonds is 5. The zero-order valence-electron chi connectivity index (χ0n) is 14.0. The molecule has 9 heteroatoms. The lowest BCUT2D eigenvalue weighted by atomic mass is 10.1. The minimum atomic E-state index is -3.46. The molecule has 1 saturated heterocycles. The first-order valence-electron chi connectivity index (χ1n) is 8.35. The number of hydrogen-bond donors (Lipinski definition) is 0. The van der Waals surface area contributed by atoms with Gasteiger partial charge in [0.25, 0.3) is 0 Å². The van der Waals surface area contributed by atoms with Crippen LogP contribution in [0.2, 0.25) is 0 Å². The molecule has 0 atom stereocenters. The van der Waals surface area contributed by atoms with Gasteiger partial charge in [0.2, 0.25) is 15.9 Å². The highest BCUT2D eigenvalue weighted by atomic mass is 32.2. The summed E-state index contributed by atoms with van der Waals surface area (Å²) in [4.78, 5) is 7.88. The summed E-state index contributed by atoms with van der Waals surface area (Å²) in [7, 11) is -3.46. The van der Waals surface area contributed by atoms with Gasteiger partial charge in [0.05, 0.1) is 0 Å². The van der Waals surface area contributed by atoms with E-state index in [0.717, 1.165) is 5.39 Å². The average molecular weight is 374 g/mol. The van der Waals surface area contributed by atoms with Gasteiger partial charge in [0, 0.05) is 30.7 Å². The number of sulfonamides is 1. The fraction of sp³-hybridized carbons (Fsp3) is 0.353. The van der Waals surface area contributed by atoms with Crippen LogP contribution in [0.25, 0.3) is 11.0 Å². The summed E-state index contributed by atoms with van der Waals surface area (Å²) in [5.41, 5.74) is 1.04. The molecule has 8 nitrogen and oxygen atoms in total. The van der Waals surface area contributed by atoms with Crippen LogP contribution >= 0.6 is 0 Å². The zero-order chi connectivity index (χ0) is 18.0. The Kier molecular flexibility index (Phi) is 4.56. The Morgan fingerprint density at radius 3 is 2.77 bits per heavy atom. The van der Waals surface area contributed by atoms with Gasteiger partial charge < -0.3 is 9.26 Å². The molecule has 0 N–H and O–H groups in total. The number of benzene rings is 1. The van der Waals surface area contributed by atoms with E-state index in [4.69, 9.17) is 9.26 Å². The number of ether oxygens (including phenoxy) is 1. The predicted octanol–water partition coefficient (Wildman–Crippen LogP) is 1.99. The van der Waals surface area contributed by atoms with Gasteiger partial charge in [-0.15, -0.1) is 0 Å². The van der Waals surface area contributed by atoms with Crippen LogP contribution in [0.5, 0.6) is 5.88 Å². The van der Waals surface area contributed by atoms with E-state index in [1.165, 1.54) is 10.6 Å². The Hall–Kier alpha value is -2.52. The van der Waals surface area contributed by atoms with Crippen LogP contribution in [-0.4, -0.2) is 47.0 Å². The van der Waals surface area contributed by atoms with E-state index >= 15 is 0 Å². The molecule has 0 radical (unpaired) electrons. The van der Waals surface area contributed by atoms with Crippen molar-refractivity contribution in [1.82, 2.24) is 19.4 Å². The van der Waals surface area contributed by atoms with Crippen molar-refractivity contribution in [2.24, 2.45) is 0 Å². The molecule has 0 saturated carbocycles. The van der Waals surface area contributed by atoms with Crippen molar-refractivity contribution in [3.63, 3.8) is 0 Å². The molecule has 2 aromatic heterocycles. The normalized spacial score (nSPS) is 16.8. The van der Waals surface area contributed by atoms with Gasteiger partial charge in [-0.3, -0.25) is 0 Å². The van der Waals surface area contributed by atoms with Gasteiger partial charge in [-0.2, -0.15) is 0 Å². The maximum atomic E-state index is 12.7. The van der Waals surface area contributed by atoms with Crippen LogP contribution in [0.4, 0.5) is 0 Å². The van der Waals surface area contributed by atoms with Gasteiger partial charge in [-0.25, -0.2) is 22.7 Å². The molecule has 0 bridgehead atoms. The molecule has 1 fully saturated rings. The lowest BCUT2D eigenvalue weighted by Gasteiger charge is -2.30.